The standard InChI is InChI=1S/C16H21N5O3S2/c1-10(12-3-7-14(8-4-12)26(17,23)24)18-15(22)9-25-16-20-19-11(2)21(16)13-5-6-13/h3-4,7-8,10,13H,5-6,9H2,1-2H3,(H,18,22)(H2,17,23,24)/t10-/m0/s1. The highest BCUT2D eigenvalue weighted by Crippen LogP contribution is 2.38. The highest BCUT2D eigenvalue weighted by Gasteiger charge is 2.28. The lowest BCUT2D eigenvalue weighted by molar-refractivity contribution is -0.119. The largest absolute Gasteiger partial charge is 0.349 e. The molecule has 1 aliphatic rings. The summed E-state index contributed by atoms with van der Waals surface area (Å²) in [5, 5.41) is 17.0. The van der Waals surface area contributed by atoms with E-state index in [0.717, 1.165) is 29.4 Å². The van der Waals surface area contributed by atoms with Crippen LogP contribution in [-0.2, 0) is 14.8 Å². The van der Waals surface area contributed by atoms with Crippen LogP contribution in [-0.4, -0.2) is 34.8 Å². The molecule has 2 aromatic rings. The van der Waals surface area contributed by atoms with Crippen LogP contribution in [0.3, 0.4) is 0 Å². The molecule has 1 atom stereocenters. The third-order valence-electron chi connectivity index (χ3n) is 4.17. The number of nitrogens with two attached hydrogens (primary N) is 1. The Morgan fingerprint density at radius 1 is 1.35 bits per heavy atom. The molecular formula is C16H21N5O3S2. The summed E-state index contributed by atoms with van der Waals surface area (Å²) >= 11 is 1.37. The molecule has 1 aromatic carbocycles. The second-order valence-corrected chi connectivity index (χ2v) is 8.83. The number of primary sulfonamides is 1. The molecule has 3 N–H and O–H groups in total. The molecule has 8 nitrogen and oxygen atoms in total. The number of benzene rings is 1. The summed E-state index contributed by atoms with van der Waals surface area (Å²) in [5.74, 6) is 0.990. The first kappa shape index (κ1) is 18.9. The molecule has 140 valence electrons. The lowest BCUT2D eigenvalue weighted by Crippen LogP contribution is -2.28. The van der Waals surface area contributed by atoms with Crippen LogP contribution in [0.4, 0.5) is 0 Å². The van der Waals surface area contributed by atoms with Gasteiger partial charge in [-0.1, -0.05) is 23.9 Å². The fraction of sp³-hybridized carbons (Fsp3) is 0.438. The molecule has 1 aromatic heterocycles. The van der Waals surface area contributed by atoms with Gasteiger partial charge in [-0.15, -0.1) is 10.2 Å². The zero-order valence-corrected chi connectivity index (χ0v) is 16.2. The zero-order chi connectivity index (χ0) is 18.9. The first-order chi connectivity index (χ1) is 12.3. The Labute approximate surface area is 156 Å². The molecule has 0 unspecified atom stereocenters. The summed E-state index contributed by atoms with van der Waals surface area (Å²) in [6.07, 6.45) is 2.26. The van der Waals surface area contributed by atoms with E-state index in [1.807, 2.05) is 13.8 Å². The van der Waals surface area contributed by atoms with E-state index in [9.17, 15) is 13.2 Å². The quantitative estimate of drug-likeness (QED) is 0.686. The number of aryl methyl sites for hydroxylation is 1. The minimum absolute atomic E-state index is 0.0464. The van der Waals surface area contributed by atoms with E-state index in [-0.39, 0.29) is 22.6 Å². The van der Waals surface area contributed by atoms with Gasteiger partial charge in [0.25, 0.3) is 0 Å². The summed E-state index contributed by atoms with van der Waals surface area (Å²) in [6.45, 7) is 3.76. The van der Waals surface area contributed by atoms with E-state index in [1.165, 1.54) is 23.9 Å². The van der Waals surface area contributed by atoms with Gasteiger partial charge in [0.05, 0.1) is 16.7 Å². The fourth-order valence-electron chi connectivity index (χ4n) is 2.64. The number of hydrogen-bond acceptors (Lipinski definition) is 6. The Kier molecular flexibility index (Phi) is 5.35. The van der Waals surface area contributed by atoms with Crippen LogP contribution in [0.5, 0.6) is 0 Å². The van der Waals surface area contributed by atoms with E-state index in [0.29, 0.717) is 6.04 Å². The highest BCUT2D eigenvalue weighted by molar-refractivity contribution is 7.99. The van der Waals surface area contributed by atoms with Gasteiger partial charge in [0.15, 0.2) is 5.16 Å². The second-order valence-electron chi connectivity index (χ2n) is 6.32. The van der Waals surface area contributed by atoms with Gasteiger partial charge in [0.1, 0.15) is 5.82 Å². The van der Waals surface area contributed by atoms with Crippen LogP contribution < -0.4 is 10.5 Å². The van der Waals surface area contributed by atoms with Gasteiger partial charge < -0.3 is 9.88 Å². The highest BCUT2D eigenvalue weighted by atomic mass is 32.2. The number of aromatic nitrogens is 3. The van der Waals surface area contributed by atoms with Crippen LogP contribution in [0, 0.1) is 6.92 Å². The van der Waals surface area contributed by atoms with Crippen molar-refractivity contribution in [2.45, 2.75) is 48.8 Å². The first-order valence-electron chi connectivity index (χ1n) is 8.22. The predicted octanol–water partition coefficient (Wildman–Crippen LogP) is 1.54. The molecule has 1 heterocycles. The third-order valence-corrected chi connectivity index (χ3v) is 6.04. The lowest BCUT2D eigenvalue weighted by Gasteiger charge is -2.14. The van der Waals surface area contributed by atoms with Crippen molar-refractivity contribution in [2.75, 3.05) is 5.75 Å². The van der Waals surface area contributed by atoms with E-state index in [4.69, 9.17) is 5.14 Å². The van der Waals surface area contributed by atoms with Crippen molar-refractivity contribution in [3.8, 4) is 0 Å². The maximum atomic E-state index is 12.2. The lowest BCUT2D eigenvalue weighted by atomic mass is 10.1. The number of sulfonamides is 1. The van der Waals surface area contributed by atoms with Gasteiger partial charge >= 0.3 is 0 Å². The summed E-state index contributed by atoms with van der Waals surface area (Å²) in [6, 6.07) is 6.37. The van der Waals surface area contributed by atoms with Crippen molar-refractivity contribution in [1.82, 2.24) is 20.1 Å². The Hall–Kier alpha value is -1.91. The molecule has 0 saturated heterocycles. The van der Waals surface area contributed by atoms with Gasteiger partial charge in [-0.05, 0) is 44.4 Å². The SMILES string of the molecule is Cc1nnc(SCC(=O)N[C@@H](C)c2ccc(S(N)(=O)=O)cc2)n1C1CC1. The number of thioether (sulfide) groups is 1. The van der Waals surface area contributed by atoms with Crippen LogP contribution in [0.2, 0.25) is 0 Å². The van der Waals surface area contributed by atoms with Crippen molar-refractivity contribution < 1.29 is 13.2 Å². The molecule has 0 radical (unpaired) electrons. The Bertz CT molecular complexity index is 904. The van der Waals surface area contributed by atoms with Crippen LogP contribution in [0.25, 0.3) is 0 Å². The maximum Gasteiger partial charge on any atom is 0.238 e. The number of rotatable bonds is 7. The number of carbonyl (C=O) groups is 1. The summed E-state index contributed by atoms with van der Waals surface area (Å²) < 4.78 is 24.7. The van der Waals surface area contributed by atoms with Gasteiger partial charge in [0.2, 0.25) is 15.9 Å². The molecule has 26 heavy (non-hydrogen) atoms. The van der Waals surface area contributed by atoms with E-state index >= 15 is 0 Å². The molecule has 0 bridgehead atoms. The molecule has 1 amide bonds. The Morgan fingerprint density at radius 2 is 2.00 bits per heavy atom. The Balaban J connectivity index is 1.56. The Morgan fingerprint density at radius 3 is 2.58 bits per heavy atom. The van der Waals surface area contributed by atoms with Gasteiger partial charge in [-0.3, -0.25) is 4.79 Å². The minimum atomic E-state index is -3.72. The summed E-state index contributed by atoms with van der Waals surface area (Å²) in [5.41, 5.74) is 0.799. The molecule has 1 fully saturated rings. The molecule has 1 saturated carbocycles. The van der Waals surface area contributed by atoms with Gasteiger partial charge in [0, 0.05) is 6.04 Å². The predicted molar refractivity (Wildman–Crippen MR) is 98.1 cm³/mol. The molecule has 0 aliphatic heterocycles. The van der Waals surface area contributed by atoms with Crippen molar-refractivity contribution in [3.05, 3.63) is 35.7 Å². The van der Waals surface area contributed by atoms with Crippen LogP contribution in [0.1, 0.15) is 43.2 Å². The number of carbonyl (C=O) groups excluding carboxylic acids is 1. The van der Waals surface area contributed by atoms with Gasteiger partial charge in [-0.2, -0.15) is 0 Å². The molecule has 0 spiro atoms. The second kappa shape index (κ2) is 7.37. The average molecular weight is 396 g/mol. The summed E-state index contributed by atoms with van der Waals surface area (Å²) in [7, 11) is -3.72. The molecule has 1 aliphatic carbocycles. The minimum Gasteiger partial charge on any atom is -0.349 e. The molecule has 10 heteroatoms. The third kappa shape index (κ3) is 4.43. The van der Waals surface area contributed by atoms with Crippen molar-refractivity contribution in [2.24, 2.45) is 5.14 Å². The van der Waals surface area contributed by atoms with E-state index < -0.39 is 10.0 Å². The average Bonchev–Trinajstić information content (AvgIpc) is 3.35. The zero-order valence-electron chi connectivity index (χ0n) is 14.5. The van der Waals surface area contributed by atoms with Gasteiger partial charge in [-0.25, -0.2) is 13.6 Å². The fourth-order valence-corrected chi connectivity index (χ4v) is 4.02. The topological polar surface area (TPSA) is 120 Å². The van der Waals surface area contributed by atoms with Crippen LogP contribution in [0.15, 0.2) is 34.3 Å². The smallest absolute Gasteiger partial charge is 0.238 e. The van der Waals surface area contributed by atoms with E-state index in [1.54, 1.807) is 12.1 Å². The number of nitrogens with zero attached hydrogens (tertiary/aromatic N) is 3. The number of hydrogen-bond donors (Lipinski definition) is 2. The molecule has 3 rings (SSSR count). The van der Waals surface area contributed by atoms with E-state index in [2.05, 4.69) is 20.1 Å². The van der Waals surface area contributed by atoms with Crippen molar-refractivity contribution >= 4 is 27.7 Å². The number of nitrogens with one attached hydrogen (secondary N) is 1. The maximum absolute atomic E-state index is 12.2. The molecular weight excluding hydrogens is 374 g/mol. The summed E-state index contributed by atoms with van der Waals surface area (Å²) in [4.78, 5) is 12.3. The number of amides is 1. The first-order valence-corrected chi connectivity index (χ1v) is 10.8. The van der Waals surface area contributed by atoms with Crippen molar-refractivity contribution in [3.63, 3.8) is 0 Å². The normalized spacial score (nSPS) is 15.7. The monoisotopic (exact) mass is 395 g/mol. The van der Waals surface area contributed by atoms with Crippen molar-refractivity contribution in [1.29, 1.82) is 0 Å². The van der Waals surface area contributed by atoms with Crippen LogP contribution >= 0.6 is 11.8 Å².